The molecule has 1 aliphatic rings. The number of nitrogens with zero attached hydrogens (tertiary/aromatic N) is 1. The van der Waals surface area contributed by atoms with Crippen molar-refractivity contribution in [1.82, 2.24) is 4.31 Å². The molecule has 6 heteroatoms. The molecule has 2 aromatic rings. The molecule has 0 aliphatic carbocycles. The van der Waals surface area contributed by atoms with Crippen LogP contribution in [0.4, 0.5) is 5.69 Å². The van der Waals surface area contributed by atoms with Gasteiger partial charge in [0.05, 0.1) is 4.90 Å². The summed E-state index contributed by atoms with van der Waals surface area (Å²) in [7, 11) is -3.53. The van der Waals surface area contributed by atoms with E-state index in [2.05, 4.69) is 5.32 Å². The molecule has 1 amide bonds. The predicted octanol–water partition coefficient (Wildman–Crippen LogP) is 3.26. The molecule has 1 aliphatic heterocycles. The average Bonchev–Trinajstić information content (AvgIpc) is 2.65. The highest BCUT2D eigenvalue weighted by Gasteiger charge is 2.27. The lowest BCUT2D eigenvalue weighted by Crippen LogP contribution is -2.36. The van der Waals surface area contributed by atoms with Crippen LogP contribution in [-0.2, 0) is 14.8 Å². The molecule has 1 heterocycles. The van der Waals surface area contributed by atoms with Gasteiger partial charge in [0.2, 0.25) is 10.0 Å². The highest BCUT2D eigenvalue weighted by Crippen LogP contribution is 2.22. The van der Waals surface area contributed by atoms with Gasteiger partial charge in [0.1, 0.15) is 0 Å². The molecule has 0 saturated heterocycles. The van der Waals surface area contributed by atoms with Gasteiger partial charge in [-0.05, 0) is 49.6 Å². The van der Waals surface area contributed by atoms with Gasteiger partial charge in [-0.2, -0.15) is 4.31 Å². The minimum atomic E-state index is -3.53. The lowest BCUT2D eigenvalue weighted by Gasteiger charge is -2.25. The Morgan fingerprint density at radius 2 is 1.81 bits per heavy atom. The van der Waals surface area contributed by atoms with Gasteiger partial charge in [0.15, 0.2) is 0 Å². The molecule has 3 rings (SSSR count). The van der Waals surface area contributed by atoms with Gasteiger partial charge in [0.25, 0.3) is 5.91 Å². The number of hydrogen-bond donors (Lipinski definition) is 1. The molecule has 0 bridgehead atoms. The number of rotatable bonds is 4. The number of carbonyl (C=O) groups excluding carboxylic acids is 1. The van der Waals surface area contributed by atoms with Gasteiger partial charge >= 0.3 is 0 Å². The van der Waals surface area contributed by atoms with Crippen LogP contribution in [0, 0.1) is 13.8 Å². The zero-order chi connectivity index (χ0) is 18.7. The Balaban J connectivity index is 1.71. The van der Waals surface area contributed by atoms with E-state index in [4.69, 9.17) is 0 Å². The van der Waals surface area contributed by atoms with Gasteiger partial charge in [0, 0.05) is 24.4 Å². The molecule has 0 saturated carbocycles. The maximum Gasteiger partial charge on any atom is 0.251 e. The zero-order valence-corrected chi connectivity index (χ0v) is 15.7. The molecule has 5 nitrogen and oxygen atoms in total. The lowest BCUT2D eigenvalue weighted by molar-refractivity contribution is -0.113. The van der Waals surface area contributed by atoms with Crippen LogP contribution in [0.1, 0.15) is 17.5 Å². The number of benzene rings is 2. The van der Waals surface area contributed by atoms with E-state index in [1.165, 1.54) is 4.31 Å². The number of hydrogen-bond acceptors (Lipinski definition) is 3. The molecule has 1 N–H and O–H groups in total. The monoisotopic (exact) mass is 370 g/mol. The SMILES string of the molecule is Cc1ccc(C)c(NC(=O)C2=CCN(S(=O)(=O)c3ccccc3)CC2)c1. The van der Waals surface area contributed by atoms with Crippen LogP contribution >= 0.6 is 0 Å². The van der Waals surface area contributed by atoms with Gasteiger partial charge in [-0.25, -0.2) is 8.42 Å². The fourth-order valence-corrected chi connectivity index (χ4v) is 4.29. The summed E-state index contributed by atoms with van der Waals surface area (Å²) in [6.45, 7) is 4.41. The fourth-order valence-electron chi connectivity index (χ4n) is 2.89. The minimum absolute atomic E-state index is 0.171. The highest BCUT2D eigenvalue weighted by atomic mass is 32.2. The molecule has 0 fully saturated rings. The van der Waals surface area contributed by atoms with Gasteiger partial charge < -0.3 is 5.32 Å². The molecule has 26 heavy (non-hydrogen) atoms. The Labute approximate surface area is 154 Å². The smallest absolute Gasteiger partial charge is 0.251 e. The summed E-state index contributed by atoms with van der Waals surface area (Å²) >= 11 is 0. The van der Waals surface area contributed by atoms with Crippen molar-refractivity contribution in [3.63, 3.8) is 0 Å². The molecule has 0 radical (unpaired) electrons. The molecule has 136 valence electrons. The molecule has 0 atom stereocenters. The van der Waals surface area contributed by atoms with Crippen molar-refractivity contribution < 1.29 is 13.2 Å². The number of nitrogens with one attached hydrogen (secondary N) is 1. The minimum Gasteiger partial charge on any atom is -0.322 e. The molecular weight excluding hydrogens is 348 g/mol. The third-order valence-corrected chi connectivity index (χ3v) is 6.37. The molecule has 0 unspecified atom stereocenters. The van der Waals surface area contributed by atoms with Crippen LogP contribution in [0.2, 0.25) is 0 Å². The van der Waals surface area contributed by atoms with Crippen LogP contribution in [0.5, 0.6) is 0 Å². The third-order valence-electron chi connectivity index (χ3n) is 4.49. The summed E-state index contributed by atoms with van der Waals surface area (Å²) in [6, 6.07) is 14.3. The van der Waals surface area contributed by atoms with Crippen molar-refractivity contribution in [2.24, 2.45) is 0 Å². The van der Waals surface area contributed by atoms with Crippen LogP contribution in [0.25, 0.3) is 0 Å². The van der Waals surface area contributed by atoms with Crippen molar-refractivity contribution in [1.29, 1.82) is 0 Å². The number of carbonyl (C=O) groups is 1. The first-order chi connectivity index (χ1) is 12.4. The third kappa shape index (κ3) is 3.86. The standard InChI is InChI=1S/C20H22N2O3S/c1-15-8-9-16(2)19(14-15)21-20(23)17-10-12-22(13-11-17)26(24,25)18-6-4-3-5-7-18/h3-10,14H,11-13H2,1-2H3,(H,21,23). The van der Waals surface area contributed by atoms with Crippen molar-refractivity contribution in [2.45, 2.75) is 25.2 Å². The molecular formula is C20H22N2O3S. The lowest BCUT2D eigenvalue weighted by atomic mass is 10.1. The van der Waals surface area contributed by atoms with Crippen molar-refractivity contribution in [3.8, 4) is 0 Å². The van der Waals surface area contributed by atoms with E-state index in [-0.39, 0.29) is 17.3 Å². The Morgan fingerprint density at radius 1 is 1.08 bits per heavy atom. The van der Waals surface area contributed by atoms with E-state index in [0.717, 1.165) is 16.8 Å². The van der Waals surface area contributed by atoms with Gasteiger partial charge in [-0.15, -0.1) is 0 Å². The highest BCUT2D eigenvalue weighted by molar-refractivity contribution is 7.89. The van der Waals surface area contributed by atoms with E-state index >= 15 is 0 Å². The van der Waals surface area contributed by atoms with E-state index in [0.29, 0.717) is 18.5 Å². The van der Waals surface area contributed by atoms with Crippen LogP contribution < -0.4 is 5.32 Å². The topological polar surface area (TPSA) is 66.5 Å². The van der Waals surface area contributed by atoms with Crippen LogP contribution in [0.3, 0.4) is 0 Å². The first kappa shape index (κ1) is 18.4. The first-order valence-corrected chi connectivity index (χ1v) is 9.95. The number of amides is 1. The quantitative estimate of drug-likeness (QED) is 0.898. The van der Waals surface area contributed by atoms with Gasteiger partial charge in [-0.3, -0.25) is 4.79 Å². The fraction of sp³-hybridized carbons (Fsp3) is 0.250. The number of anilines is 1. The van der Waals surface area contributed by atoms with Crippen LogP contribution in [-0.4, -0.2) is 31.7 Å². The maximum absolute atomic E-state index is 12.6. The second-order valence-electron chi connectivity index (χ2n) is 6.43. The Kier molecular flexibility index (Phi) is 5.25. The van der Waals surface area contributed by atoms with Crippen LogP contribution in [0.15, 0.2) is 65.1 Å². The van der Waals surface area contributed by atoms with E-state index in [1.807, 2.05) is 32.0 Å². The number of aryl methyl sites for hydroxylation is 2. The molecule has 0 aromatic heterocycles. The summed E-state index contributed by atoms with van der Waals surface area (Å²) in [4.78, 5) is 12.8. The maximum atomic E-state index is 12.6. The summed E-state index contributed by atoms with van der Waals surface area (Å²) in [5, 5.41) is 2.93. The Bertz CT molecular complexity index is 950. The largest absolute Gasteiger partial charge is 0.322 e. The summed E-state index contributed by atoms with van der Waals surface area (Å²) in [6.07, 6.45) is 2.09. The summed E-state index contributed by atoms with van der Waals surface area (Å²) in [5.41, 5.74) is 3.47. The number of sulfonamides is 1. The van der Waals surface area contributed by atoms with E-state index in [1.54, 1.807) is 36.4 Å². The normalized spacial score (nSPS) is 15.4. The van der Waals surface area contributed by atoms with Crippen molar-refractivity contribution >= 4 is 21.6 Å². The molecule has 2 aromatic carbocycles. The second kappa shape index (κ2) is 7.43. The second-order valence-corrected chi connectivity index (χ2v) is 8.37. The predicted molar refractivity (Wildman–Crippen MR) is 102 cm³/mol. The Hall–Kier alpha value is -2.44. The van der Waals surface area contributed by atoms with Crippen molar-refractivity contribution in [2.75, 3.05) is 18.4 Å². The van der Waals surface area contributed by atoms with E-state index < -0.39 is 10.0 Å². The molecule has 0 spiro atoms. The zero-order valence-electron chi connectivity index (χ0n) is 14.9. The average molecular weight is 370 g/mol. The van der Waals surface area contributed by atoms with E-state index in [9.17, 15) is 13.2 Å². The Morgan fingerprint density at radius 3 is 2.46 bits per heavy atom. The van der Waals surface area contributed by atoms with Gasteiger partial charge in [-0.1, -0.05) is 36.4 Å². The van der Waals surface area contributed by atoms with Crippen molar-refractivity contribution in [3.05, 3.63) is 71.3 Å². The summed E-state index contributed by atoms with van der Waals surface area (Å²) < 4.78 is 26.7. The first-order valence-electron chi connectivity index (χ1n) is 8.51. The summed E-state index contributed by atoms with van der Waals surface area (Å²) in [5.74, 6) is -0.171.